The van der Waals surface area contributed by atoms with Gasteiger partial charge in [-0.25, -0.2) is 13.1 Å². The van der Waals surface area contributed by atoms with Gasteiger partial charge in [0.25, 0.3) is 0 Å². The summed E-state index contributed by atoms with van der Waals surface area (Å²) in [6.07, 6.45) is 2.33. The van der Waals surface area contributed by atoms with Crippen LogP contribution in [0.25, 0.3) is 0 Å². The molecule has 110 valence electrons. The summed E-state index contributed by atoms with van der Waals surface area (Å²) in [6, 6.07) is 1.65. The molecule has 3 N–H and O–H groups in total. The average Bonchev–Trinajstić information content (AvgIpc) is 2.82. The van der Waals surface area contributed by atoms with Gasteiger partial charge in [-0.05, 0) is 24.9 Å². The number of nitrogens with one attached hydrogen (secondary N) is 3. The Hall–Kier alpha value is -0.850. The van der Waals surface area contributed by atoms with Gasteiger partial charge in [0.15, 0.2) is 0 Å². The van der Waals surface area contributed by atoms with E-state index in [2.05, 4.69) is 15.0 Å². The minimum atomic E-state index is -3.43. The van der Waals surface area contributed by atoms with Crippen LogP contribution in [0.3, 0.4) is 0 Å². The van der Waals surface area contributed by atoms with Crippen LogP contribution in [0, 0.1) is 5.92 Å². The molecule has 0 saturated carbocycles. The third-order valence-electron chi connectivity index (χ3n) is 3.14. The summed E-state index contributed by atoms with van der Waals surface area (Å²) in [5, 5.41) is 3.15. The van der Waals surface area contributed by atoms with Crippen LogP contribution in [-0.4, -0.2) is 26.0 Å². The maximum atomic E-state index is 12.2. The molecule has 0 amide bonds. The Morgan fingerprint density at radius 3 is 2.53 bits per heavy atom. The molecule has 0 aliphatic heterocycles. The monoisotopic (exact) mass is 287 g/mol. The van der Waals surface area contributed by atoms with Crippen molar-refractivity contribution in [1.82, 2.24) is 15.0 Å². The van der Waals surface area contributed by atoms with Crippen LogP contribution in [0.5, 0.6) is 0 Å². The van der Waals surface area contributed by atoms with Crippen molar-refractivity contribution < 1.29 is 8.42 Å². The largest absolute Gasteiger partial charge is 0.363 e. The highest BCUT2D eigenvalue weighted by atomic mass is 32.2. The molecular formula is C13H25N3O2S. The molecular weight excluding hydrogens is 262 g/mol. The van der Waals surface area contributed by atoms with Crippen molar-refractivity contribution in [2.24, 2.45) is 5.92 Å². The number of aromatic nitrogens is 1. The van der Waals surface area contributed by atoms with Crippen molar-refractivity contribution in [1.29, 1.82) is 0 Å². The number of hydrogen-bond donors (Lipinski definition) is 3. The lowest BCUT2D eigenvalue weighted by Crippen LogP contribution is -2.37. The summed E-state index contributed by atoms with van der Waals surface area (Å²) in [7, 11) is -3.43. The Morgan fingerprint density at radius 1 is 1.32 bits per heavy atom. The van der Waals surface area contributed by atoms with Crippen molar-refractivity contribution in [2.75, 3.05) is 6.54 Å². The molecule has 0 aliphatic rings. The molecule has 1 heterocycles. The van der Waals surface area contributed by atoms with E-state index in [0.717, 1.165) is 18.7 Å². The molecule has 19 heavy (non-hydrogen) atoms. The van der Waals surface area contributed by atoms with Crippen molar-refractivity contribution in [3.63, 3.8) is 0 Å². The summed E-state index contributed by atoms with van der Waals surface area (Å²) in [5.74, 6) is 0.278. The van der Waals surface area contributed by atoms with E-state index in [1.807, 2.05) is 27.7 Å². The Kier molecular flexibility index (Phi) is 6.03. The summed E-state index contributed by atoms with van der Waals surface area (Å²) >= 11 is 0. The highest BCUT2D eigenvalue weighted by molar-refractivity contribution is 7.89. The van der Waals surface area contributed by atoms with Crippen molar-refractivity contribution in [2.45, 2.75) is 51.6 Å². The standard InChI is InChI=1S/C13H25N3O2S/c1-5-13(10(3)4)16-19(17,18)12-7-11(15-9-12)8-14-6-2/h7,9-10,13-16H,5-6,8H2,1-4H3. The lowest BCUT2D eigenvalue weighted by Gasteiger charge is -2.20. The summed E-state index contributed by atoms with van der Waals surface area (Å²) in [6.45, 7) is 9.53. The molecule has 6 heteroatoms. The third-order valence-corrected chi connectivity index (χ3v) is 4.61. The number of H-pyrrole nitrogens is 1. The zero-order valence-corrected chi connectivity index (χ0v) is 13.0. The first-order valence-electron chi connectivity index (χ1n) is 6.81. The van der Waals surface area contributed by atoms with Gasteiger partial charge in [-0.15, -0.1) is 0 Å². The third kappa shape index (κ3) is 4.63. The molecule has 1 aromatic rings. The molecule has 0 spiro atoms. The van der Waals surface area contributed by atoms with Crippen LogP contribution in [0.15, 0.2) is 17.2 Å². The molecule has 0 aliphatic carbocycles. The fraction of sp³-hybridized carbons (Fsp3) is 0.692. The maximum Gasteiger partial charge on any atom is 0.242 e. The second kappa shape index (κ2) is 7.07. The first kappa shape index (κ1) is 16.2. The molecule has 0 radical (unpaired) electrons. The van der Waals surface area contributed by atoms with Crippen molar-refractivity contribution in [3.8, 4) is 0 Å². The van der Waals surface area contributed by atoms with Crippen molar-refractivity contribution >= 4 is 10.0 Å². The van der Waals surface area contributed by atoms with E-state index in [1.165, 1.54) is 0 Å². The van der Waals surface area contributed by atoms with E-state index in [1.54, 1.807) is 12.3 Å². The zero-order chi connectivity index (χ0) is 14.5. The Balaban J connectivity index is 2.79. The predicted molar refractivity (Wildman–Crippen MR) is 77.4 cm³/mol. The van der Waals surface area contributed by atoms with E-state index in [0.29, 0.717) is 11.4 Å². The maximum absolute atomic E-state index is 12.2. The zero-order valence-electron chi connectivity index (χ0n) is 12.2. The van der Waals surface area contributed by atoms with Gasteiger partial charge in [-0.2, -0.15) is 0 Å². The van der Waals surface area contributed by atoms with Gasteiger partial charge in [0.2, 0.25) is 10.0 Å². The molecule has 1 rings (SSSR count). The van der Waals surface area contributed by atoms with Gasteiger partial charge in [0.1, 0.15) is 0 Å². The molecule has 5 nitrogen and oxygen atoms in total. The molecule has 0 aromatic carbocycles. The number of rotatable bonds is 8. The molecule has 0 fully saturated rings. The van der Waals surface area contributed by atoms with Crippen LogP contribution < -0.4 is 10.0 Å². The quantitative estimate of drug-likeness (QED) is 0.683. The lowest BCUT2D eigenvalue weighted by molar-refractivity contribution is 0.437. The van der Waals surface area contributed by atoms with E-state index in [4.69, 9.17) is 0 Å². The summed E-state index contributed by atoms with van der Waals surface area (Å²) in [5.41, 5.74) is 0.875. The Bertz CT molecular complexity index is 480. The lowest BCUT2D eigenvalue weighted by atomic mass is 10.0. The topological polar surface area (TPSA) is 74.0 Å². The van der Waals surface area contributed by atoms with Gasteiger partial charge in [-0.3, -0.25) is 0 Å². The number of aromatic amines is 1. The van der Waals surface area contributed by atoms with Crippen LogP contribution in [-0.2, 0) is 16.6 Å². The highest BCUT2D eigenvalue weighted by Gasteiger charge is 2.22. The fourth-order valence-corrected chi connectivity index (χ4v) is 3.38. The minimum Gasteiger partial charge on any atom is -0.363 e. The molecule has 1 aromatic heterocycles. The number of sulfonamides is 1. The molecule has 0 bridgehead atoms. The van der Waals surface area contributed by atoms with E-state index in [9.17, 15) is 8.42 Å². The van der Waals surface area contributed by atoms with E-state index >= 15 is 0 Å². The smallest absolute Gasteiger partial charge is 0.242 e. The fourth-order valence-electron chi connectivity index (χ4n) is 1.89. The first-order valence-corrected chi connectivity index (χ1v) is 8.29. The summed E-state index contributed by atoms with van der Waals surface area (Å²) in [4.78, 5) is 3.29. The van der Waals surface area contributed by atoms with Crippen molar-refractivity contribution in [3.05, 3.63) is 18.0 Å². The average molecular weight is 287 g/mol. The van der Waals surface area contributed by atoms with E-state index in [-0.39, 0.29) is 12.0 Å². The van der Waals surface area contributed by atoms with Crippen LogP contribution in [0.1, 0.15) is 39.8 Å². The minimum absolute atomic E-state index is 0.0304. The van der Waals surface area contributed by atoms with Gasteiger partial charge < -0.3 is 10.3 Å². The molecule has 1 unspecified atom stereocenters. The number of hydrogen-bond acceptors (Lipinski definition) is 3. The molecule has 1 atom stereocenters. The Morgan fingerprint density at radius 2 is 2.00 bits per heavy atom. The van der Waals surface area contributed by atoms with Crippen LogP contribution in [0.2, 0.25) is 0 Å². The first-order chi connectivity index (χ1) is 8.90. The normalized spacial score (nSPS) is 13.9. The van der Waals surface area contributed by atoms with E-state index < -0.39 is 10.0 Å². The Labute approximate surface area is 116 Å². The van der Waals surface area contributed by atoms with Gasteiger partial charge >= 0.3 is 0 Å². The second-order valence-corrected chi connectivity index (χ2v) is 6.73. The van der Waals surface area contributed by atoms with Gasteiger partial charge in [-0.1, -0.05) is 27.7 Å². The second-order valence-electron chi connectivity index (χ2n) is 5.02. The molecule has 0 saturated heterocycles. The predicted octanol–water partition coefficient (Wildman–Crippen LogP) is 1.84. The van der Waals surface area contributed by atoms with Gasteiger partial charge in [0, 0.05) is 24.5 Å². The summed E-state index contributed by atoms with van der Waals surface area (Å²) < 4.78 is 27.2. The van der Waals surface area contributed by atoms with Gasteiger partial charge in [0.05, 0.1) is 4.90 Å². The SMILES string of the molecule is CCNCc1cc(S(=O)(=O)NC(CC)C(C)C)c[nH]1. The van der Waals surface area contributed by atoms with Crippen LogP contribution in [0.4, 0.5) is 0 Å². The van der Waals surface area contributed by atoms with Crippen LogP contribution >= 0.6 is 0 Å². The highest BCUT2D eigenvalue weighted by Crippen LogP contribution is 2.14.